The molecule has 0 fully saturated rings. The summed E-state index contributed by atoms with van der Waals surface area (Å²) in [6.07, 6.45) is -1.50. The van der Waals surface area contributed by atoms with E-state index in [2.05, 4.69) is 0 Å². The smallest absolute Gasteiger partial charge is 0.416 e. The van der Waals surface area contributed by atoms with Gasteiger partial charge >= 0.3 is 12.1 Å². The van der Waals surface area contributed by atoms with Crippen LogP contribution in [0.2, 0.25) is 0 Å². The monoisotopic (exact) mass is 422 g/mol. The van der Waals surface area contributed by atoms with Crippen molar-refractivity contribution in [2.45, 2.75) is 44.7 Å². The van der Waals surface area contributed by atoms with E-state index in [4.69, 9.17) is 14.2 Å². The maximum Gasteiger partial charge on any atom is 0.416 e. The van der Waals surface area contributed by atoms with Crippen LogP contribution in [0.3, 0.4) is 0 Å². The van der Waals surface area contributed by atoms with E-state index in [1.54, 1.807) is 6.92 Å². The second kappa shape index (κ2) is 9.87. The molecule has 0 radical (unpaired) electrons. The average molecular weight is 422 g/mol. The van der Waals surface area contributed by atoms with Gasteiger partial charge in [0.2, 0.25) is 0 Å². The topological polar surface area (TPSA) is 44.8 Å². The Morgan fingerprint density at radius 1 is 1.03 bits per heavy atom. The van der Waals surface area contributed by atoms with Gasteiger partial charge in [-0.15, -0.1) is 0 Å². The minimum absolute atomic E-state index is 0.163. The average Bonchev–Trinajstić information content (AvgIpc) is 3.09. The van der Waals surface area contributed by atoms with Crippen molar-refractivity contribution in [3.8, 4) is 11.5 Å². The standard InChI is InChI=1S/C23H25F3O4/c1-2-28-22(27)15-17-5-4-16-14-20(10-11-21(16)17)30-13-3-12-29-19-8-6-18(7-9-19)23(24,25)26/h6-11,14,17H,2-5,12-13,15H2,1H3/t17-/m0/s1. The zero-order valence-corrected chi connectivity index (χ0v) is 16.8. The van der Waals surface area contributed by atoms with E-state index in [9.17, 15) is 18.0 Å². The van der Waals surface area contributed by atoms with Gasteiger partial charge in [0.05, 0.1) is 31.8 Å². The van der Waals surface area contributed by atoms with Gasteiger partial charge in [-0.1, -0.05) is 6.07 Å². The quantitative estimate of drug-likeness (QED) is 0.393. The number of fused-ring (bicyclic) bond motifs is 1. The fourth-order valence-corrected chi connectivity index (χ4v) is 3.58. The molecule has 2 aromatic rings. The van der Waals surface area contributed by atoms with Gasteiger partial charge in [0.1, 0.15) is 11.5 Å². The molecule has 162 valence electrons. The Hall–Kier alpha value is -2.70. The van der Waals surface area contributed by atoms with Crippen LogP contribution in [0.4, 0.5) is 13.2 Å². The molecule has 0 saturated heterocycles. The van der Waals surface area contributed by atoms with Crippen molar-refractivity contribution in [1.82, 2.24) is 0 Å². The van der Waals surface area contributed by atoms with Crippen molar-refractivity contribution in [3.63, 3.8) is 0 Å². The number of ether oxygens (including phenoxy) is 3. The third-order valence-corrected chi connectivity index (χ3v) is 5.04. The number of benzene rings is 2. The van der Waals surface area contributed by atoms with E-state index in [0.29, 0.717) is 38.4 Å². The molecule has 2 aromatic carbocycles. The molecule has 0 aliphatic heterocycles. The van der Waals surface area contributed by atoms with Gasteiger partial charge < -0.3 is 14.2 Å². The first kappa shape index (κ1) is 22.0. The number of alkyl halides is 3. The van der Waals surface area contributed by atoms with Gasteiger partial charge in [0.25, 0.3) is 0 Å². The second-order valence-corrected chi connectivity index (χ2v) is 7.18. The lowest BCUT2D eigenvalue weighted by atomic mass is 9.98. The van der Waals surface area contributed by atoms with Crippen LogP contribution in [0.15, 0.2) is 42.5 Å². The summed E-state index contributed by atoms with van der Waals surface area (Å²) in [5.41, 5.74) is 1.68. The first-order valence-electron chi connectivity index (χ1n) is 10.1. The highest BCUT2D eigenvalue weighted by Gasteiger charge is 2.30. The molecule has 4 nitrogen and oxygen atoms in total. The summed E-state index contributed by atoms with van der Waals surface area (Å²) < 4.78 is 53.9. The van der Waals surface area contributed by atoms with Crippen LogP contribution in [-0.4, -0.2) is 25.8 Å². The normalized spacial score (nSPS) is 15.5. The van der Waals surface area contributed by atoms with Crippen molar-refractivity contribution in [2.75, 3.05) is 19.8 Å². The molecule has 0 spiro atoms. The zero-order chi connectivity index (χ0) is 21.6. The Labute approximate surface area is 173 Å². The van der Waals surface area contributed by atoms with Crippen LogP contribution in [-0.2, 0) is 22.1 Å². The van der Waals surface area contributed by atoms with E-state index in [-0.39, 0.29) is 11.9 Å². The summed E-state index contributed by atoms with van der Waals surface area (Å²) in [6, 6.07) is 10.6. The van der Waals surface area contributed by atoms with E-state index in [1.807, 2.05) is 18.2 Å². The predicted octanol–water partition coefficient (Wildman–Crippen LogP) is 5.54. The number of halogens is 3. The molecule has 1 aliphatic carbocycles. The van der Waals surface area contributed by atoms with Crippen molar-refractivity contribution >= 4 is 5.97 Å². The summed E-state index contributed by atoms with van der Waals surface area (Å²) in [5, 5.41) is 0. The fraction of sp³-hybridized carbons (Fsp3) is 0.435. The van der Waals surface area contributed by atoms with E-state index in [0.717, 1.165) is 30.7 Å². The van der Waals surface area contributed by atoms with Gasteiger partial charge in [-0.2, -0.15) is 13.2 Å². The van der Waals surface area contributed by atoms with Crippen LogP contribution in [0.25, 0.3) is 0 Å². The van der Waals surface area contributed by atoms with Crippen molar-refractivity contribution in [3.05, 3.63) is 59.2 Å². The third-order valence-electron chi connectivity index (χ3n) is 5.04. The minimum Gasteiger partial charge on any atom is -0.493 e. The SMILES string of the molecule is CCOC(=O)C[C@@H]1CCc2cc(OCCCOc3ccc(C(F)(F)F)cc3)ccc21. The fourth-order valence-electron chi connectivity index (χ4n) is 3.58. The molecular formula is C23H25F3O4. The molecule has 30 heavy (non-hydrogen) atoms. The highest BCUT2D eigenvalue weighted by molar-refractivity contribution is 5.71. The van der Waals surface area contributed by atoms with E-state index < -0.39 is 11.7 Å². The maximum absolute atomic E-state index is 12.5. The highest BCUT2D eigenvalue weighted by Crippen LogP contribution is 2.37. The number of aryl methyl sites for hydroxylation is 1. The summed E-state index contributed by atoms with van der Waals surface area (Å²) in [7, 11) is 0. The maximum atomic E-state index is 12.5. The van der Waals surface area contributed by atoms with Crippen LogP contribution in [0.5, 0.6) is 11.5 Å². The molecule has 1 aliphatic rings. The summed E-state index contributed by atoms with van der Waals surface area (Å²) in [4.78, 5) is 11.7. The molecule has 0 N–H and O–H groups in total. The zero-order valence-electron chi connectivity index (χ0n) is 16.8. The Kier molecular flexibility index (Phi) is 7.24. The molecule has 0 saturated carbocycles. The largest absolute Gasteiger partial charge is 0.493 e. The lowest BCUT2D eigenvalue weighted by Gasteiger charge is -2.12. The predicted molar refractivity (Wildman–Crippen MR) is 106 cm³/mol. The van der Waals surface area contributed by atoms with Crippen LogP contribution in [0, 0.1) is 0 Å². The molecular weight excluding hydrogens is 397 g/mol. The molecule has 1 atom stereocenters. The Balaban J connectivity index is 1.41. The molecule has 0 bridgehead atoms. The number of carbonyl (C=O) groups is 1. The van der Waals surface area contributed by atoms with Crippen LogP contribution < -0.4 is 9.47 Å². The Morgan fingerprint density at radius 3 is 2.37 bits per heavy atom. The second-order valence-electron chi connectivity index (χ2n) is 7.18. The molecule has 0 heterocycles. The van der Waals surface area contributed by atoms with Gasteiger partial charge in [0, 0.05) is 6.42 Å². The van der Waals surface area contributed by atoms with Crippen molar-refractivity contribution < 1.29 is 32.2 Å². The number of hydrogen-bond donors (Lipinski definition) is 0. The van der Waals surface area contributed by atoms with Gasteiger partial charge in [0.15, 0.2) is 0 Å². The summed E-state index contributed by atoms with van der Waals surface area (Å²) in [6.45, 7) is 2.98. The van der Waals surface area contributed by atoms with Crippen molar-refractivity contribution in [1.29, 1.82) is 0 Å². The van der Waals surface area contributed by atoms with E-state index in [1.165, 1.54) is 23.3 Å². The van der Waals surface area contributed by atoms with E-state index >= 15 is 0 Å². The molecule has 0 aromatic heterocycles. The Morgan fingerprint density at radius 2 is 1.70 bits per heavy atom. The summed E-state index contributed by atoms with van der Waals surface area (Å²) in [5.74, 6) is 1.20. The molecule has 7 heteroatoms. The molecule has 3 rings (SSSR count). The number of rotatable bonds is 9. The van der Waals surface area contributed by atoms with Gasteiger partial charge in [-0.3, -0.25) is 4.79 Å². The lowest BCUT2D eigenvalue weighted by molar-refractivity contribution is -0.143. The first-order chi connectivity index (χ1) is 14.4. The van der Waals surface area contributed by atoms with Crippen LogP contribution >= 0.6 is 0 Å². The Bertz CT molecular complexity index is 847. The third kappa shape index (κ3) is 5.90. The number of esters is 1. The number of hydrogen-bond acceptors (Lipinski definition) is 4. The first-order valence-corrected chi connectivity index (χ1v) is 10.1. The van der Waals surface area contributed by atoms with Crippen molar-refractivity contribution in [2.24, 2.45) is 0 Å². The van der Waals surface area contributed by atoms with Crippen LogP contribution in [0.1, 0.15) is 48.8 Å². The molecule has 0 amide bonds. The van der Waals surface area contributed by atoms with Gasteiger partial charge in [-0.05, 0) is 73.2 Å². The lowest BCUT2D eigenvalue weighted by Crippen LogP contribution is -2.08. The van der Waals surface area contributed by atoms with Gasteiger partial charge in [-0.25, -0.2) is 0 Å². The summed E-state index contributed by atoms with van der Waals surface area (Å²) >= 11 is 0. The minimum atomic E-state index is -4.35. The highest BCUT2D eigenvalue weighted by atomic mass is 19.4. The number of carbonyl (C=O) groups excluding carboxylic acids is 1. The molecule has 0 unspecified atom stereocenters.